The molecule has 0 bridgehead atoms. The van der Waals surface area contributed by atoms with Crippen LogP contribution in [0.1, 0.15) is 26.7 Å². The number of benzene rings is 1. The summed E-state index contributed by atoms with van der Waals surface area (Å²) < 4.78 is 1.02. The van der Waals surface area contributed by atoms with Gasteiger partial charge in [0.05, 0.1) is 11.4 Å². The highest BCUT2D eigenvalue weighted by atomic mass is 79.9. The highest BCUT2D eigenvalue weighted by Gasteiger charge is 2.05. The van der Waals surface area contributed by atoms with Crippen LogP contribution in [0.15, 0.2) is 22.7 Å². The average Bonchev–Trinajstić information content (AvgIpc) is 2.17. The predicted octanol–water partition coefficient (Wildman–Crippen LogP) is 3.63. The highest BCUT2D eigenvalue weighted by molar-refractivity contribution is 9.10. The van der Waals surface area contributed by atoms with Crippen LogP contribution in [0.25, 0.3) is 0 Å². The lowest BCUT2D eigenvalue weighted by molar-refractivity contribution is 0.672. The standard InChI is InChI=1S/C11H17BrN2/c1-3-9(4-2)14-11-6-5-8(12)7-10(11)13/h5-7,9,14H,3-4,13H2,1-2H3. The lowest BCUT2D eigenvalue weighted by Crippen LogP contribution is -2.17. The van der Waals surface area contributed by atoms with Crippen molar-refractivity contribution in [2.75, 3.05) is 11.1 Å². The second-order valence-electron chi connectivity index (χ2n) is 3.39. The Kier molecular flexibility index (Phi) is 4.26. The molecule has 78 valence electrons. The molecule has 0 radical (unpaired) electrons. The molecule has 0 saturated heterocycles. The monoisotopic (exact) mass is 256 g/mol. The van der Waals surface area contributed by atoms with Gasteiger partial charge in [0, 0.05) is 10.5 Å². The molecule has 0 atom stereocenters. The predicted molar refractivity (Wildman–Crippen MR) is 66.5 cm³/mol. The molecule has 0 aliphatic rings. The van der Waals surface area contributed by atoms with E-state index >= 15 is 0 Å². The van der Waals surface area contributed by atoms with Gasteiger partial charge in [-0.3, -0.25) is 0 Å². The van der Waals surface area contributed by atoms with Gasteiger partial charge in [-0.05, 0) is 31.0 Å². The Morgan fingerprint density at radius 2 is 2.00 bits per heavy atom. The van der Waals surface area contributed by atoms with E-state index in [1.54, 1.807) is 0 Å². The normalized spacial score (nSPS) is 10.6. The summed E-state index contributed by atoms with van der Waals surface area (Å²) >= 11 is 3.39. The van der Waals surface area contributed by atoms with Crippen LogP contribution in [-0.2, 0) is 0 Å². The summed E-state index contributed by atoms with van der Waals surface area (Å²) in [5.74, 6) is 0. The van der Waals surface area contributed by atoms with Crippen LogP contribution in [0.3, 0.4) is 0 Å². The molecule has 3 heteroatoms. The van der Waals surface area contributed by atoms with Gasteiger partial charge in [-0.2, -0.15) is 0 Å². The van der Waals surface area contributed by atoms with E-state index < -0.39 is 0 Å². The van der Waals surface area contributed by atoms with Gasteiger partial charge >= 0.3 is 0 Å². The van der Waals surface area contributed by atoms with Gasteiger partial charge in [0.2, 0.25) is 0 Å². The number of anilines is 2. The first-order valence-electron chi connectivity index (χ1n) is 4.99. The number of hydrogen-bond donors (Lipinski definition) is 2. The Balaban J connectivity index is 2.76. The molecule has 0 saturated carbocycles. The maximum absolute atomic E-state index is 5.89. The largest absolute Gasteiger partial charge is 0.397 e. The minimum absolute atomic E-state index is 0.512. The third kappa shape index (κ3) is 2.91. The molecule has 0 fully saturated rings. The molecule has 0 heterocycles. The molecule has 1 aromatic carbocycles. The average molecular weight is 257 g/mol. The molecule has 0 aliphatic carbocycles. The minimum atomic E-state index is 0.512. The van der Waals surface area contributed by atoms with Crippen LogP contribution in [0.4, 0.5) is 11.4 Å². The van der Waals surface area contributed by atoms with Gasteiger partial charge in [-0.15, -0.1) is 0 Å². The summed E-state index contributed by atoms with van der Waals surface area (Å²) in [5.41, 5.74) is 7.71. The number of nitrogens with one attached hydrogen (secondary N) is 1. The zero-order valence-electron chi connectivity index (χ0n) is 8.68. The van der Waals surface area contributed by atoms with Gasteiger partial charge in [0.25, 0.3) is 0 Å². The molecule has 1 rings (SSSR count). The van der Waals surface area contributed by atoms with Gasteiger partial charge in [-0.25, -0.2) is 0 Å². The number of hydrogen-bond acceptors (Lipinski definition) is 2. The zero-order chi connectivity index (χ0) is 10.6. The molecule has 0 aliphatic heterocycles. The van der Waals surface area contributed by atoms with E-state index in [-0.39, 0.29) is 0 Å². The van der Waals surface area contributed by atoms with E-state index in [0.717, 1.165) is 28.7 Å². The number of halogens is 1. The van der Waals surface area contributed by atoms with Crippen molar-refractivity contribution in [3.63, 3.8) is 0 Å². The van der Waals surface area contributed by atoms with Gasteiger partial charge in [0.1, 0.15) is 0 Å². The third-order valence-electron chi connectivity index (χ3n) is 2.36. The van der Waals surface area contributed by atoms with Gasteiger partial charge < -0.3 is 11.1 Å². The van der Waals surface area contributed by atoms with Crippen LogP contribution in [0, 0.1) is 0 Å². The van der Waals surface area contributed by atoms with Crippen molar-refractivity contribution in [2.45, 2.75) is 32.7 Å². The zero-order valence-corrected chi connectivity index (χ0v) is 10.3. The van der Waals surface area contributed by atoms with Crippen LogP contribution in [0.2, 0.25) is 0 Å². The first-order chi connectivity index (χ1) is 6.67. The molecular formula is C11H17BrN2. The molecular weight excluding hydrogens is 240 g/mol. The second kappa shape index (κ2) is 5.25. The Morgan fingerprint density at radius 3 is 2.50 bits per heavy atom. The Morgan fingerprint density at radius 1 is 1.36 bits per heavy atom. The fourth-order valence-corrected chi connectivity index (χ4v) is 1.76. The summed E-state index contributed by atoms with van der Waals surface area (Å²) in [6.45, 7) is 4.35. The van der Waals surface area contributed by atoms with E-state index in [9.17, 15) is 0 Å². The van der Waals surface area contributed by atoms with Crippen molar-refractivity contribution in [1.29, 1.82) is 0 Å². The SMILES string of the molecule is CCC(CC)Nc1ccc(Br)cc1N. The topological polar surface area (TPSA) is 38.0 Å². The van der Waals surface area contributed by atoms with E-state index in [2.05, 4.69) is 35.1 Å². The van der Waals surface area contributed by atoms with Crippen molar-refractivity contribution in [1.82, 2.24) is 0 Å². The van der Waals surface area contributed by atoms with Crippen molar-refractivity contribution in [3.8, 4) is 0 Å². The number of nitrogen functional groups attached to an aromatic ring is 1. The molecule has 2 nitrogen and oxygen atoms in total. The van der Waals surface area contributed by atoms with E-state index in [1.807, 2.05) is 18.2 Å². The maximum Gasteiger partial charge on any atom is 0.0576 e. The quantitative estimate of drug-likeness (QED) is 0.808. The van der Waals surface area contributed by atoms with E-state index in [1.165, 1.54) is 0 Å². The summed E-state index contributed by atoms with van der Waals surface area (Å²) in [4.78, 5) is 0. The van der Waals surface area contributed by atoms with E-state index in [4.69, 9.17) is 5.73 Å². The maximum atomic E-state index is 5.89. The summed E-state index contributed by atoms with van der Waals surface area (Å²) in [5, 5.41) is 3.43. The minimum Gasteiger partial charge on any atom is -0.397 e. The summed E-state index contributed by atoms with van der Waals surface area (Å²) in [6.07, 6.45) is 2.23. The first-order valence-corrected chi connectivity index (χ1v) is 5.78. The van der Waals surface area contributed by atoms with Gasteiger partial charge in [0.15, 0.2) is 0 Å². The fraction of sp³-hybridized carbons (Fsp3) is 0.455. The first kappa shape index (κ1) is 11.4. The molecule has 3 N–H and O–H groups in total. The van der Waals surface area contributed by atoms with Crippen LogP contribution < -0.4 is 11.1 Å². The number of rotatable bonds is 4. The van der Waals surface area contributed by atoms with Crippen LogP contribution in [-0.4, -0.2) is 6.04 Å². The summed E-state index contributed by atoms with van der Waals surface area (Å²) in [7, 11) is 0. The number of nitrogens with two attached hydrogens (primary N) is 1. The molecule has 0 spiro atoms. The lowest BCUT2D eigenvalue weighted by Gasteiger charge is -2.17. The Labute approximate surface area is 94.0 Å². The van der Waals surface area contributed by atoms with E-state index in [0.29, 0.717) is 6.04 Å². The van der Waals surface area contributed by atoms with Crippen LogP contribution >= 0.6 is 15.9 Å². The molecule has 0 unspecified atom stereocenters. The molecule has 0 aromatic heterocycles. The molecule has 0 amide bonds. The van der Waals surface area contributed by atoms with Crippen LogP contribution in [0.5, 0.6) is 0 Å². The van der Waals surface area contributed by atoms with Crippen molar-refractivity contribution in [2.24, 2.45) is 0 Å². The fourth-order valence-electron chi connectivity index (χ4n) is 1.38. The Hall–Kier alpha value is -0.700. The van der Waals surface area contributed by atoms with Crippen molar-refractivity contribution in [3.05, 3.63) is 22.7 Å². The smallest absolute Gasteiger partial charge is 0.0576 e. The molecule has 1 aromatic rings. The van der Waals surface area contributed by atoms with Crippen molar-refractivity contribution < 1.29 is 0 Å². The Bertz CT molecular complexity index is 295. The van der Waals surface area contributed by atoms with Crippen molar-refractivity contribution >= 4 is 27.3 Å². The lowest BCUT2D eigenvalue weighted by atomic mass is 10.1. The molecule has 14 heavy (non-hydrogen) atoms. The third-order valence-corrected chi connectivity index (χ3v) is 2.85. The summed E-state index contributed by atoms with van der Waals surface area (Å²) in [6, 6.07) is 6.45. The highest BCUT2D eigenvalue weighted by Crippen LogP contribution is 2.24. The second-order valence-corrected chi connectivity index (χ2v) is 4.31. The van der Waals surface area contributed by atoms with Gasteiger partial charge in [-0.1, -0.05) is 29.8 Å².